The second-order valence-corrected chi connectivity index (χ2v) is 23.5. The van der Waals surface area contributed by atoms with E-state index in [1.807, 2.05) is 0 Å². The Labute approximate surface area is 498 Å². The molecule has 0 spiro atoms. The average Bonchev–Trinajstić information content (AvgIpc) is 2.66. The number of alkyl halides is 3. The molecular weight excluding hydrogens is 1200 g/mol. The molecule has 84 heavy (non-hydrogen) atoms. The largest absolute Gasteiger partial charge is 0.469 e. The SMILES string of the molecule is COC(=O)CCc1c(Cc2[nH]c(C(=O)OCC(Cl)(Cl)Cl)c(CCC(=O)OC)c2CC(=O)OC)[nH]c(Cc2[nH]c(Cc3[nH]c(C(=O)OCCS(C)(=O)=O)c(CC(=O)OC)c3CCC(=O)OC)c(CC(=O)OC)c2CCC(=O)OC)c1CC(=O)OC. The molecule has 26 nitrogen and oxygen atoms in total. The Balaban J connectivity index is 2.12. The first-order valence-corrected chi connectivity index (χ1v) is 28.8. The molecule has 0 fully saturated rings. The maximum Gasteiger partial charge on any atom is 0.355 e. The van der Waals surface area contributed by atoms with Crippen LogP contribution in [-0.2, 0) is 166 Å². The number of aromatic nitrogens is 4. The Morgan fingerprint density at radius 3 is 1.00 bits per heavy atom. The van der Waals surface area contributed by atoms with Gasteiger partial charge in [0.25, 0.3) is 0 Å². The van der Waals surface area contributed by atoms with Crippen molar-refractivity contribution in [3.63, 3.8) is 0 Å². The van der Waals surface area contributed by atoms with Crippen molar-refractivity contribution in [2.24, 2.45) is 0 Å². The highest BCUT2D eigenvalue weighted by Crippen LogP contribution is 2.35. The summed E-state index contributed by atoms with van der Waals surface area (Å²) in [5, 5.41) is 0. The monoisotopic (exact) mass is 1260 g/mol. The van der Waals surface area contributed by atoms with E-state index in [4.69, 9.17) is 82.2 Å². The van der Waals surface area contributed by atoms with Crippen molar-refractivity contribution in [3.8, 4) is 0 Å². The van der Waals surface area contributed by atoms with Gasteiger partial charge in [-0.25, -0.2) is 18.0 Å². The van der Waals surface area contributed by atoms with Crippen molar-refractivity contribution in [1.29, 1.82) is 0 Å². The third-order valence-corrected chi connectivity index (χ3v) is 14.6. The van der Waals surface area contributed by atoms with Crippen LogP contribution >= 0.6 is 34.8 Å². The van der Waals surface area contributed by atoms with Gasteiger partial charge in [-0.1, -0.05) is 34.8 Å². The first kappa shape index (κ1) is 69.1. The molecule has 4 rings (SSSR count). The third kappa shape index (κ3) is 20.2. The average molecular weight is 1260 g/mol. The summed E-state index contributed by atoms with van der Waals surface area (Å²) in [6.45, 7) is -1.25. The molecule has 4 N–H and O–H groups in total. The second kappa shape index (κ2) is 32.1. The van der Waals surface area contributed by atoms with Gasteiger partial charge in [-0.15, -0.1) is 0 Å². The lowest BCUT2D eigenvalue weighted by molar-refractivity contribution is -0.141. The van der Waals surface area contributed by atoms with E-state index in [2.05, 4.69) is 19.9 Å². The molecule has 0 amide bonds. The first-order valence-electron chi connectivity index (χ1n) is 25.7. The number of hydrogen-bond donors (Lipinski definition) is 4. The van der Waals surface area contributed by atoms with E-state index in [1.165, 1.54) is 35.5 Å². The molecule has 30 heteroatoms. The van der Waals surface area contributed by atoms with Crippen LogP contribution < -0.4 is 0 Å². The number of ether oxygens (including phenoxy) is 10. The van der Waals surface area contributed by atoms with Crippen LogP contribution in [0.3, 0.4) is 0 Å². The van der Waals surface area contributed by atoms with Crippen LogP contribution in [0.2, 0.25) is 0 Å². The highest BCUT2D eigenvalue weighted by Gasteiger charge is 2.33. The number of esters is 10. The lowest BCUT2D eigenvalue weighted by atomic mass is 9.94. The van der Waals surface area contributed by atoms with Crippen LogP contribution in [0, 0.1) is 0 Å². The number of aromatic amines is 4. The molecule has 0 aliphatic carbocycles. The highest BCUT2D eigenvalue weighted by atomic mass is 35.6. The van der Waals surface area contributed by atoms with E-state index < -0.39 is 118 Å². The number of methoxy groups -OCH3 is 8. The zero-order valence-electron chi connectivity index (χ0n) is 47.8. The summed E-state index contributed by atoms with van der Waals surface area (Å²) in [5.74, 6) is -8.18. The number of halogens is 3. The molecule has 0 unspecified atom stereocenters. The fourth-order valence-corrected chi connectivity index (χ4v) is 9.77. The van der Waals surface area contributed by atoms with E-state index in [9.17, 15) is 56.4 Å². The molecule has 0 atom stereocenters. The van der Waals surface area contributed by atoms with Gasteiger partial charge >= 0.3 is 59.7 Å². The van der Waals surface area contributed by atoms with Crippen LogP contribution in [-0.4, -0.2) is 174 Å². The number of nitrogens with one attached hydrogen (secondary N) is 4. The van der Waals surface area contributed by atoms with E-state index in [1.54, 1.807) is 0 Å². The lowest BCUT2D eigenvalue weighted by Gasteiger charge is -2.12. The summed E-state index contributed by atoms with van der Waals surface area (Å²) in [4.78, 5) is 145. The molecule has 0 saturated carbocycles. The van der Waals surface area contributed by atoms with Gasteiger partial charge in [0.15, 0.2) is 9.84 Å². The molecule has 462 valence electrons. The van der Waals surface area contributed by atoms with Crippen molar-refractivity contribution in [2.75, 3.05) is 82.1 Å². The summed E-state index contributed by atoms with van der Waals surface area (Å²) in [6, 6.07) is 0. The van der Waals surface area contributed by atoms with Gasteiger partial charge in [-0.3, -0.25) is 38.4 Å². The van der Waals surface area contributed by atoms with Crippen molar-refractivity contribution in [3.05, 3.63) is 90.1 Å². The quantitative estimate of drug-likeness (QED) is 0.0307. The summed E-state index contributed by atoms with van der Waals surface area (Å²) in [6.07, 6.45) is -2.83. The Morgan fingerprint density at radius 1 is 0.381 bits per heavy atom. The van der Waals surface area contributed by atoms with Gasteiger partial charge in [0.2, 0.25) is 3.79 Å². The summed E-state index contributed by atoms with van der Waals surface area (Å²) < 4.78 is 72.7. The Morgan fingerprint density at radius 2 is 0.655 bits per heavy atom. The van der Waals surface area contributed by atoms with Gasteiger partial charge in [0.1, 0.15) is 24.6 Å². The predicted octanol–water partition coefficient (Wildman–Crippen LogP) is 3.78. The Kier molecular flexibility index (Phi) is 26.4. The van der Waals surface area contributed by atoms with Crippen LogP contribution in [0.1, 0.15) is 125 Å². The molecule has 4 aromatic rings. The minimum Gasteiger partial charge on any atom is -0.469 e. The fraction of sp³-hybridized carbons (Fsp3) is 0.519. The van der Waals surface area contributed by atoms with Crippen LogP contribution in [0.4, 0.5) is 0 Å². The molecule has 0 aliphatic heterocycles. The molecule has 0 saturated heterocycles. The zero-order valence-corrected chi connectivity index (χ0v) is 50.8. The van der Waals surface area contributed by atoms with E-state index in [0.717, 1.165) is 27.6 Å². The van der Waals surface area contributed by atoms with Crippen molar-refractivity contribution in [2.45, 2.75) is 100 Å². The zero-order chi connectivity index (χ0) is 62.6. The van der Waals surface area contributed by atoms with Crippen LogP contribution in [0.25, 0.3) is 0 Å². The molecule has 0 radical (unpaired) electrons. The molecule has 0 aromatic carbocycles. The Hall–Kier alpha value is -7.36. The minimum atomic E-state index is -3.59. The summed E-state index contributed by atoms with van der Waals surface area (Å²) in [5.41, 5.74) is 3.34. The van der Waals surface area contributed by atoms with Gasteiger partial charge in [0, 0.05) is 85.4 Å². The van der Waals surface area contributed by atoms with E-state index >= 15 is 0 Å². The topological polar surface area (TPSA) is 360 Å². The van der Waals surface area contributed by atoms with Crippen LogP contribution in [0.15, 0.2) is 0 Å². The van der Waals surface area contributed by atoms with Crippen molar-refractivity contribution >= 4 is 104 Å². The van der Waals surface area contributed by atoms with Gasteiger partial charge in [0.05, 0.1) is 88.3 Å². The fourth-order valence-electron chi connectivity index (χ4n) is 9.22. The number of sulfone groups is 1. The smallest absolute Gasteiger partial charge is 0.355 e. The maximum atomic E-state index is 13.8. The van der Waals surface area contributed by atoms with E-state index in [0.29, 0.717) is 39.3 Å². The predicted molar refractivity (Wildman–Crippen MR) is 296 cm³/mol. The number of carbonyl (C=O) groups excluding carboxylic acids is 10. The lowest BCUT2D eigenvalue weighted by Crippen LogP contribution is -2.19. The second-order valence-electron chi connectivity index (χ2n) is 18.8. The minimum absolute atomic E-state index is 0.0578. The number of rotatable bonds is 32. The Bertz CT molecular complexity index is 3200. The molecule has 0 aliphatic rings. The molecular formula is C54H67Cl3N4O22S. The summed E-state index contributed by atoms with van der Waals surface area (Å²) >= 11 is 17.8. The molecule has 4 heterocycles. The maximum absolute atomic E-state index is 13.8. The normalized spacial score (nSPS) is 11.3. The van der Waals surface area contributed by atoms with Gasteiger partial charge in [-0.05, 0) is 70.2 Å². The highest BCUT2D eigenvalue weighted by molar-refractivity contribution is 7.90. The van der Waals surface area contributed by atoms with E-state index in [-0.39, 0.29) is 121 Å². The third-order valence-electron chi connectivity index (χ3n) is 13.3. The summed E-state index contributed by atoms with van der Waals surface area (Å²) in [7, 11) is 5.71. The number of hydrogen-bond acceptors (Lipinski definition) is 22. The van der Waals surface area contributed by atoms with Crippen molar-refractivity contribution in [1.82, 2.24) is 19.9 Å². The standard InChI is InChI=1S/C54H67Cl3N4O22S/c1-74-42(62)14-10-28-33(21-47(67)79-6)40(26-38-30(12-16-44(64)76-3)35(23-49(69)81-8)51(60-38)52(70)82-18-19-84(9,72)73)58-36(28)24-39-32(20-46(66)78-5)29(11-15-43(63)75-2)37(59-39)25-41-34(22-48(68)80-7)31(13-17-45(65)77-4)50(61-41)53(71)83-27-54(55,56)57/h58-61H,10-27H2,1-9H3. The number of H-pyrrole nitrogens is 4. The molecule has 0 bridgehead atoms. The van der Waals surface area contributed by atoms with Crippen LogP contribution in [0.5, 0.6) is 0 Å². The van der Waals surface area contributed by atoms with Gasteiger partial charge in [-0.2, -0.15) is 0 Å². The molecule has 4 aromatic heterocycles. The first-order chi connectivity index (χ1) is 39.6. The van der Waals surface area contributed by atoms with Gasteiger partial charge < -0.3 is 67.3 Å². The number of carbonyl (C=O) groups is 10. The van der Waals surface area contributed by atoms with Crippen molar-refractivity contribution < 1.29 is 104 Å².